The number of benzene rings is 1. The van der Waals surface area contributed by atoms with Gasteiger partial charge in [-0.3, -0.25) is 4.79 Å². The van der Waals surface area contributed by atoms with Crippen LogP contribution in [0.1, 0.15) is 19.5 Å². The van der Waals surface area contributed by atoms with Crippen LogP contribution in [0.15, 0.2) is 28.8 Å². The molecule has 1 aliphatic heterocycles. The summed E-state index contributed by atoms with van der Waals surface area (Å²) in [4.78, 5) is 14.3. The van der Waals surface area contributed by atoms with E-state index in [1.165, 1.54) is 0 Å². The molecular weight excluding hydrogens is 256 g/mol. The number of morpholine rings is 1. The Hall–Kier alpha value is -1.88. The highest BCUT2D eigenvalue weighted by Gasteiger charge is 2.28. The molecule has 1 aromatic heterocycles. The molecule has 2 aromatic rings. The number of para-hydroxylation sites is 1. The molecule has 2 heterocycles. The number of carbonyl (C=O) groups is 1. The zero-order chi connectivity index (χ0) is 14.1. The minimum absolute atomic E-state index is 0.0757. The zero-order valence-corrected chi connectivity index (χ0v) is 11.7. The van der Waals surface area contributed by atoms with Crippen molar-refractivity contribution in [2.75, 3.05) is 13.2 Å². The van der Waals surface area contributed by atoms with Crippen LogP contribution < -0.4 is 0 Å². The number of hydrogen-bond acceptors (Lipinski definition) is 4. The Balaban J connectivity index is 1.78. The molecule has 1 fully saturated rings. The van der Waals surface area contributed by atoms with Crippen molar-refractivity contribution in [2.45, 2.75) is 32.4 Å². The van der Waals surface area contributed by atoms with Crippen molar-refractivity contribution in [3.8, 4) is 0 Å². The summed E-state index contributed by atoms with van der Waals surface area (Å²) < 4.78 is 10.8. The van der Waals surface area contributed by atoms with Gasteiger partial charge >= 0.3 is 0 Å². The zero-order valence-electron chi connectivity index (χ0n) is 11.7. The second-order valence-electron chi connectivity index (χ2n) is 5.34. The van der Waals surface area contributed by atoms with Crippen LogP contribution in [0.5, 0.6) is 0 Å². The second kappa shape index (κ2) is 5.25. The van der Waals surface area contributed by atoms with Gasteiger partial charge in [0.1, 0.15) is 5.69 Å². The van der Waals surface area contributed by atoms with Crippen LogP contribution in [0.4, 0.5) is 0 Å². The predicted molar refractivity (Wildman–Crippen MR) is 74.3 cm³/mol. The first-order valence-electron chi connectivity index (χ1n) is 6.89. The molecule has 0 N–H and O–H groups in total. The lowest BCUT2D eigenvalue weighted by molar-refractivity contribution is -0.142. The van der Waals surface area contributed by atoms with Crippen molar-refractivity contribution < 1.29 is 14.1 Å². The van der Waals surface area contributed by atoms with E-state index in [2.05, 4.69) is 5.16 Å². The standard InChI is InChI=1S/C15H18N2O3/c1-10-9-19-11(2)8-17(10)15(18)7-13-12-5-3-4-6-14(12)20-16-13/h3-6,10-11H,7-9H2,1-2H3/t10-,11+/m1/s1. The molecule has 1 aliphatic rings. The van der Waals surface area contributed by atoms with Crippen molar-refractivity contribution >= 4 is 16.9 Å². The van der Waals surface area contributed by atoms with E-state index in [0.717, 1.165) is 11.0 Å². The van der Waals surface area contributed by atoms with E-state index in [9.17, 15) is 4.79 Å². The summed E-state index contributed by atoms with van der Waals surface area (Å²) in [5, 5.41) is 4.93. The number of rotatable bonds is 2. The maximum absolute atomic E-state index is 12.5. The van der Waals surface area contributed by atoms with Gasteiger partial charge in [-0.2, -0.15) is 0 Å². The molecule has 1 aromatic carbocycles. The molecule has 0 aliphatic carbocycles. The predicted octanol–water partition coefficient (Wildman–Crippen LogP) is 2.01. The summed E-state index contributed by atoms with van der Waals surface area (Å²) >= 11 is 0. The SMILES string of the molecule is C[C@@H]1CO[C@@H](C)CN1C(=O)Cc1noc2ccccc12. The third-order valence-electron chi connectivity index (χ3n) is 3.70. The van der Waals surface area contributed by atoms with Crippen LogP contribution in [0, 0.1) is 0 Å². The number of fused-ring (bicyclic) bond motifs is 1. The number of hydrogen-bond donors (Lipinski definition) is 0. The summed E-state index contributed by atoms with van der Waals surface area (Å²) in [6, 6.07) is 7.71. The van der Waals surface area contributed by atoms with Gasteiger partial charge in [-0.15, -0.1) is 0 Å². The summed E-state index contributed by atoms with van der Waals surface area (Å²) in [6.45, 7) is 5.21. The van der Waals surface area contributed by atoms with Gasteiger partial charge in [0.25, 0.3) is 0 Å². The second-order valence-corrected chi connectivity index (χ2v) is 5.34. The molecule has 0 bridgehead atoms. The Morgan fingerprint density at radius 2 is 2.20 bits per heavy atom. The molecule has 20 heavy (non-hydrogen) atoms. The fourth-order valence-corrected chi connectivity index (χ4v) is 2.56. The lowest BCUT2D eigenvalue weighted by Crippen LogP contribution is -2.50. The third kappa shape index (κ3) is 2.41. The molecule has 0 radical (unpaired) electrons. The smallest absolute Gasteiger partial charge is 0.229 e. The molecular formula is C15H18N2O3. The molecule has 1 saturated heterocycles. The summed E-state index contributed by atoms with van der Waals surface area (Å²) in [6.07, 6.45) is 0.359. The Morgan fingerprint density at radius 1 is 1.40 bits per heavy atom. The number of carbonyl (C=O) groups excluding carboxylic acids is 1. The van der Waals surface area contributed by atoms with Crippen LogP contribution in [-0.4, -0.2) is 41.3 Å². The third-order valence-corrected chi connectivity index (χ3v) is 3.70. The largest absolute Gasteiger partial charge is 0.375 e. The molecule has 106 valence electrons. The van der Waals surface area contributed by atoms with Gasteiger partial charge in [-0.25, -0.2) is 0 Å². The van der Waals surface area contributed by atoms with Crippen LogP contribution in [0.25, 0.3) is 11.0 Å². The number of ether oxygens (including phenoxy) is 1. The van der Waals surface area contributed by atoms with Gasteiger partial charge in [-0.1, -0.05) is 17.3 Å². The molecule has 5 nitrogen and oxygen atoms in total. The van der Waals surface area contributed by atoms with Crippen molar-refractivity contribution in [3.05, 3.63) is 30.0 Å². The highest BCUT2D eigenvalue weighted by atomic mass is 16.5. The average molecular weight is 274 g/mol. The molecule has 0 spiro atoms. The van der Waals surface area contributed by atoms with E-state index in [1.54, 1.807) is 0 Å². The minimum atomic E-state index is 0.0757. The van der Waals surface area contributed by atoms with E-state index in [-0.39, 0.29) is 24.5 Å². The van der Waals surface area contributed by atoms with E-state index in [1.807, 2.05) is 43.0 Å². The number of amides is 1. The quantitative estimate of drug-likeness (QED) is 0.840. The first-order chi connectivity index (χ1) is 9.65. The fourth-order valence-electron chi connectivity index (χ4n) is 2.56. The maximum atomic E-state index is 12.5. The number of nitrogens with zero attached hydrogens (tertiary/aromatic N) is 2. The van der Waals surface area contributed by atoms with E-state index < -0.39 is 0 Å². The fraction of sp³-hybridized carbons (Fsp3) is 0.467. The molecule has 0 unspecified atom stereocenters. The van der Waals surface area contributed by atoms with Crippen molar-refractivity contribution in [3.63, 3.8) is 0 Å². The Kier molecular flexibility index (Phi) is 3.44. The summed E-state index contributed by atoms with van der Waals surface area (Å²) in [5.74, 6) is 0.0757. The maximum Gasteiger partial charge on any atom is 0.229 e. The molecule has 2 atom stereocenters. The van der Waals surface area contributed by atoms with Gasteiger partial charge < -0.3 is 14.2 Å². The summed E-state index contributed by atoms with van der Waals surface area (Å²) in [7, 11) is 0. The summed E-state index contributed by atoms with van der Waals surface area (Å²) in [5.41, 5.74) is 1.43. The van der Waals surface area contributed by atoms with E-state index in [0.29, 0.717) is 18.8 Å². The normalized spacial score (nSPS) is 23.2. The molecule has 5 heteroatoms. The van der Waals surface area contributed by atoms with E-state index in [4.69, 9.17) is 9.26 Å². The van der Waals surface area contributed by atoms with Crippen LogP contribution in [-0.2, 0) is 16.0 Å². The van der Waals surface area contributed by atoms with Gasteiger partial charge in [0.05, 0.1) is 25.2 Å². The van der Waals surface area contributed by atoms with Crippen molar-refractivity contribution in [1.29, 1.82) is 0 Å². The highest BCUT2D eigenvalue weighted by molar-refractivity contribution is 5.86. The van der Waals surface area contributed by atoms with Gasteiger partial charge in [0, 0.05) is 11.9 Å². The molecule has 0 saturated carbocycles. The topological polar surface area (TPSA) is 55.6 Å². The van der Waals surface area contributed by atoms with Crippen LogP contribution in [0.2, 0.25) is 0 Å². The van der Waals surface area contributed by atoms with Crippen LogP contribution in [0.3, 0.4) is 0 Å². The Bertz CT molecular complexity index is 622. The first-order valence-corrected chi connectivity index (χ1v) is 6.89. The van der Waals surface area contributed by atoms with Crippen molar-refractivity contribution in [1.82, 2.24) is 10.1 Å². The average Bonchev–Trinajstić information content (AvgIpc) is 2.85. The van der Waals surface area contributed by atoms with Gasteiger partial charge in [0.15, 0.2) is 5.58 Å². The van der Waals surface area contributed by atoms with Gasteiger partial charge in [-0.05, 0) is 26.0 Å². The lowest BCUT2D eigenvalue weighted by atomic mass is 10.1. The van der Waals surface area contributed by atoms with Crippen molar-refractivity contribution in [2.24, 2.45) is 0 Å². The first kappa shape index (κ1) is 13.1. The minimum Gasteiger partial charge on any atom is -0.375 e. The Labute approximate surface area is 117 Å². The highest BCUT2D eigenvalue weighted by Crippen LogP contribution is 2.20. The molecule has 3 rings (SSSR count). The lowest BCUT2D eigenvalue weighted by Gasteiger charge is -2.36. The van der Waals surface area contributed by atoms with Crippen LogP contribution >= 0.6 is 0 Å². The van der Waals surface area contributed by atoms with E-state index >= 15 is 0 Å². The Morgan fingerprint density at radius 3 is 3.05 bits per heavy atom. The van der Waals surface area contributed by atoms with Gasteiger partial charge in [0.2, 0.25) is 5.91 Å². The number of aromatic nitrogens is 1. The molecule has 1 amide bonds. The monoisotopic (exact) mass is 274 g/mol.